The first kappa shape index (κ1) is 16.3. The smallest absolute Gasteiger partial charge is 0.0710 e. The molecule has 1 N–H and O–H groups in total. The zero-order valence-electron chi connectivity index (χ0n) is 14.0. The van der Waals surface area contributed by atoms with Gasteiger partial charge in [-0.05, 0) is 58.5 Å². The van der Waals surface area contributed by atoms with Crippen molar-refractivity contribution in [1.82, 2.24) is 10.2 Å². The van der Waals surface area contributed by atoms with Gasteiger partial charge < -0.3 is 10.1 Å². The summed E-state index contributed by atoms with van der Waals surface area (Å²) in [5.74, 6) is 0.742. The number of hydrogen-bond acceptors (Lipinski definition) is 3. The molecule has 2 fully saturated rings. The number of hydrogen-bond donors (Lipinski definition) is 1. The third-order valence-electron chi connectivity index (χ3n) is 4.67. The second-order valence-electron chi connectivity index (χ2n) is 7.73. The van der Waals surface area contributed by atoms with Crippen LogP contribution in [0.25, 0.3) is 0 Å². The molecule has 0 radical (unpaired) electrons. The Hall–Kier alpha value is -0.120. The summed E-state index contributed by atoms with van der Waals surface area (Å²) < 4.78 is 6.18. The highest BCUT2D eigenvalue weighted by atomic mass is 16.5. The van der Waals surface area contributed by atoms with Crippen LogP contribution in [0.5, 0.6) is 0 Å². The highest BCUT2D eigenvalue weighted by molar-refractivity contribution is 4.86. The third-order valence-corrected chi connectivity index (χ3v) is 4.67. The molecule has 0 bridgehead atoms. The molecular formula is C17H34N2O. The number of piperidine rings is 1. The second kappa shape index (κ2) is 7.24. The molecule has 0 aromatic rings. The van der Waals surface area contributed by atoms with Crippen molar-refractivity contribution in [1.29, 1.82) is 0 Å². The zero-order chi connectivity index (χ0) is 14.6. The Kier molecular flexibility index (Phi) is 5.88. The van der Waals surface area contributed by atoms with Crippen molar-refractivity contribution in [2.75, 3.05) is 26.2 Å². The van der Waals surface area contributed by atoms with Gasteiger partial charge in [0.2, 0.25) is 0 Å². The van der Waals surface area contributed by atoms with E-state index in [0.29, 0.717) is 6.10 Å². The van der Waals surface area contributed by atoms with Gasteiger partial charge in [-0.25, -0.2) is 0 Å². The van der Waals surface area contributed by atoms with Crippen molar-refractivity contribution < 1.29 is 4.74 Å². The van der Waals surface area contributed by atoms with Crippen LogP contribution in [-0.2, 0) is 4.74 Å². The number of nitrogens with one attached hydrogen (secondary N) is 1. The summed E-state index contributed by atoms with van der Waals surface area (Å²) in [6.07, 6.45) is 6.99. The fourth-order valence-corrected chi connectivity index (χ4v) is 3.54. The molecule has 3 nitrogen and oxygen atoms in total. The zero-order valence-corrected chi connectivity index (χ0v) is 14.0. The van der Waals surface area contributed by atoms with Crippen LogP contribution in [0.1, 0.15) is 59.8 Å². The topological polar surface area (TPSA) is 24.5 Å². The summed E-state index contributed by atoms with van der Waals surface area (Å²) in [5.41, 5.74) is 0.103. The predicted octanol–water partition coefficient (Wildman–Crippen LogP) is 3.04. The fraction of sp³-hybridized carbons (Fsp3) is 1.00. The highest BCUT2D eigenvalue weighted by Gasteiger charge is 2.34. The molecule has 0 aromatic carbocycles. The van der Waals surface area contributed by atoms with Gasteiger partial charge in [0, 0.05) is 19.1 Å². The Morgan fingerprint density at radius 3 is 2.70 bits per heavy atom. The van der Waals surface area contributed by atoms with Crippen LogP contribution in [0, 0.1) is 5.92 Å². The quantitative estimate of drug-likeness (QED) is 0.810. The molecule has 2 saturated heterocycles. The van der Waals surface area contributed by atoms with Gasteiger partial charge in [-0.1, -0.05) is 20.3 Å². The molecule has 2 unspecified atom stereocenters. The summed E-state index contributed by atoms with van der Waals surface area (Å²) in [7, 11) is 0. The first-order chi connectivity index (χ1) is 9.46. The SMILES string of the molecule is CC(C)CNCC1CCCCN1CC1CCC(C)(C)O1. The summed E-state index contributed by atoms with van der Waals surface area (Å²) in [4.78, 5) is 2.68. The van der Waals surface area contributed by atoms with E-state index in [1.807, 2.05) is 0 Å². The summed E-state index contributed by atoms with van der Waals surface area (Å²) >= 11 is 0. The van der Waals surface area contributed by atoms with E-state index in [4.69, 9.17) is 4.74 Å². The van der Waals surface area contributed by atoms with E-state index >= 15 is 0 Å². The maximum Gasteiger partial charge on any atom is 0.0710 e. The van der Waals surface area contributed by atoms with Crippen molar-refractivity contribution >= 4 is 0 Å². The van der Waals surface area contributed by atoms with Crippen LogP contribution in [-0.4, -0.2) is 48.8 Å². The highest BCUT2D eigenvalue weighted by Crippen LogP contribution is 2.30. The summed E-state index contributed by atoms with van der Waals surface area (Å²) in [6.45, 7) is 13.7. The molecule has 2 atom stereocenters. The lowest BCUT2D eigenvalue weighted by atomic mass is 10.0. The predicted molar refractivity (Wildman–Crippen MR) is 85.1 cm³/mol. The largest absolute Gasteiger partial charge is 0.371 e. The molecule has 118 valence electrons. The van der Waals surface area contributed by atoms with Crippen molar-refractivity contribution in [3.8, 4) is 0 Å². The average molecular weight is 282 g/mol. The van der Waals surface area contributed by atoms with Gasteiger partial charge in [-0.2, -0.15) is 0 Å². The molecule has 2 aliphatic heterocycles. The number of rotatable bonds is 6. The van der Waals surface area contributed by atoms with Crippen molar-refractivity contribution in [3.05, 3.63) is 0 Å². The molecule has 0 amide bonds. The molecule has 0 aromatic heterocycles. The fourth-order valence-electron chi connectivity index (χ4n) is 3.54. The van der Waals surface area contributed by atoms with Gasteiger partial charge >= 0.3 is 0 Å². The Labute approximate surface area is 125 Å². The molecule has 0 aliphatic carbocycles. The lowest BCUT2D eigenvalue weighted by Crippen LogP contribution is -2.48. The number of nitrogens with zero attached hydrogens (tertiary/aromatic N) is 1. The molecule has 0 saturated carbocycles. The van der Waals surface area contributed by atoms with Gasteiger partial charge in [0.15, 0.2) is 0 Å². The van der Waals surface area contributed by atoms with Gasteiger partial charge in [-0.3, -0.25) is 4.90 Å². The lowest BCUT2D eigenvalue weighted by molar-refractivity contribution is -0.0371. The van der Waals surface area contributed by atoms with E-state index in [1.54, 1.807) is 0 Å². The first-order valence-electron chi connectivity index (χ1n) is 8.59. The van der Waals surface area contributed by atoms with Crippen molar-refractivity contribution in [2.24, 2.45) is 5.92 Å². The second-order valence-corrected chi connectivity index (χ2v) is 7.73. The van der Waals surface area contributed by atoms with E-state index in [-0.39, 0.29) is 5.60 Å². The lowest BCUT2D eigenvalue weighted by Gasteiger charge is -2.37. The Balaban J connectivity index is 1.78. The van der Waals surface area contributed by atoms with E-state index in [1.165, 1.54) is 38.6 Å². The van der Waals surface area contributed by atoms with Crippen molar-refractivity contribution in [3.63, 3.8) is 0 Å². The van der Waals surface area contributed by atoms with Crippen LogP contribution < -0.4 is 5.32 Å². The molecule has 2 heterocycles. The van der Waals surface area contributed by atoms with Gasteiger partial charge in [0.05, 0.1) is 11.7 Å². The monoisotopic (exact) mass is 282 g/mol. The molecular weight excluding hydrogens is 248 g/mol. The first-order valence-corrected chi connectivity index (χ1v) is 8.59. The van der Waals surface area contributed by atoms with E-state index in [0.717, 1.165) is 31.6 Å². The van der Waals surface area contributed by atoms with Crippen LogP contribution in [0.15, 0.2) is 0 Å². The summed E-state index contributed by atoms with van der Waals surface area (Å²) in [6, 6.07) is 0.717. The summed E-state index contributed by atoms with van der Waals surface area (Å²) in [5, 5.41) is 3.64. The normalized spacial score (nSPS) is 31.1. The van der Waals surface area contributed by atoms with Crippen LogP contribution in [0.2, 0.25) is 0 Å². The van der Waals surface area contributed by atoms with Gasteiger partial charge in [0.25, 0.3) is 0 Å². The molecule has 0 spiro atoms. The minimum Gasteiger partial charge on any atom is -0.371 e. The number of ether oxygens (including phenoxy) is 1. The maximum atomic E-state index is 6.18. The minimum absolute atomic E-state index is 0.103. The van der Waals surface area contributed by atoms with Gasteiger partial charge in [-0.15, -0.1) is 0 Å². The maximum absolute atomic E-state index is 6.18. The average Bonchev–Trinajstić information content (AvgIpc) is 2.70. The Bertz CT molecular complexity index is 291. The van der Waals surface area contributed by atoms with Crippen LogP contribution in [0.4, 0.5) is 0 Å². The Morgan fingerprint density at radius 2 is 2.05 bits per heavy atom. The third kappa shape index (κ3) is 5.01. The standard InChI is InChI=1S/C17H34N2O/c1-14(2)11-18-12-15-7-5-6-10-19(15)13-16-8-9-17(3,4)20-16/h14-16,18H,5-13H2,1-4H3. The van der Waals surface area contributed by atoms with Crippen LogP contribution in [0.3, 0.4) is 0 Å². The number of likely N-dealkylation sites (tertiary alicyclic amines) is 1. The minimum atomic E-state index is 0.103. The molecule has 2 aliphatic rings. The molecule has 3 heteroatoms. The van der Waals surface area contributed by atoms with Gasteiger partial charge in [0.1, 0.15) is 0 Å². The Morgan fingerprint density at radius 1 is 1.25 bits per heavy atom. The van der Waals surface area contributed by atoms with E-state index in [2.05, 4.69) is 37.9 Å². The molecule has 20 heavy (non-hydrogen) atoms. The van der Waals surface area contributed by atoms with Crippen molar-refractivity contribution in [2.45, 2.75) is 77.5 Å². The van der Waals surface area contributed by atoms with E-state index in [9.17, 15) is 0 Å². The molecule has 2 rings (SSSR count). The van der Waals surface area contributed by atoms with Crippen LogP contribution >= 0.6 is 0 Å². The van der Waals surface area contributed by atoms with E-state index < -0.39 is 0 Å².